The van der Waals surface area contributed by atoms with Crippen molar-refractivity contribution in [3.63, 3.8) is 0 Å². The van der Waals surface area contributed by atoms with Gasteiger partial charge < -0.3 is 5.73 Å². The Labute approximate surface area is 110 Å². The summed E-state index contributed by atoms with van der Waals surface area (Å²) in [6, 6.07) is 9.54. The third-order valence-electron chi connectivity index (χ3n) is 5.04. The van der Waals surface area contributed by atoms with E-state index < -0.39 is 0 Å². The molecule has 0 aromatic heterocycles. The molecule has 3 rings (SSSR count). The van der Waals surface area contributed by atoms with Crippen LogP contribution in [0.4, 0.5) is 0 Å². The quantitative estimate of drug-likeness (QED) is 0.822. The minimum Gasteiger partial charge on any atom is -0.324 e. The Kier molecular flexibility index (Phi) is 3.16. The fourth-order valence-electron chi connectivity index (χ4n) is 3.57. The molecule has 0 bridgehead atoms. The van der Waals surface area contributed by atoms with E-state index in [2.05, 4.69) is 43.0 Å². The van der Waals surface area contributed by atoms with E-state index in [0.717, 1.165) is 18.3 Å². The van der Waals surface area contributed by atoms with Gasteiger partial charge in [0.05, 0.1) is 0 Å². The lowest BCUT2D eigenvalue weighted by molar-refractivity contribution is 0.0933. The molecule has 1 aliphatic heterocycles. The summed E-state index contributed by atoms with van der Waals surface area (Å²) in [7, 11) is 0. The summed E-state index contributed by atoms with van der Waals surface area (Å²) in [5, 5.41) is 0. The highest BCUT2D eigenvalue weighted by Crippen LogP contribution is 2.42. The van der Waals surface area contributed by atoms with Crippen molar-refractivity contribution < 1.29 is 0 Å². The van der Waals surface area contributed by atoms with E-state index in [1.165, 1.54) is 30.6 Å². The van der Waals surface area contributed by atoms with Crippen LogP contribution in [0.1, 0.15) is 49.9 Å². The Morgan fingerprint density at radius 3 is 2.56 bits per heavy atom. The first-order chi connectivity index (χ1) is 8.66. The largest absolute Gasteiger partial charge is 0.324 e. The average molecular weight is 244 g/mol. The first-order valence-electron chi connectivity index (χ1n) is 7.25. The van der Waals surface area contributed by atoms with E-state index in [1.54, 1.807) is 0 Å². The molecule has 0 spiro atoms. The van der Waals surface area contributed by atoms with Crippen LogP contribution in [0, 0.1) is 11.8 Å². The smallest absolute Gasteiger partial charge is 0.0369 e. The third kappa shape index (κ3) is 1.98. The van der Waals surface area contributed by atoms with E-state index >= 15 is 0 Å². The van der Waals surface area contributed by atoms with Gasteiger partial charge in [-0.1, -0.05) is 38.1 Å². The number of rotatable bonds is 1. The van der Waals surface area contributed by atoms with Gasteiger partial charge in [-0.15, -0.1) is 0 Å². The van der Waals surface area contributed by atoms with Crippen LogP contribution in [0.2, 0.25) is 0 Å². The van der Waals surface area contributed by atoms with Gasteiger partial charge in [0.15, 0.2) is 0 Å². The van der Waals surface area contributed by atoms with Gasteiger partial charge in [0, 0.05) is 18.6 Å². The highest BCUT2D eigenvalue weighted by molar-refractivity contribution is 5.37. The van der Waals surface area contributed by atoms with Gasteiger partial charge in [0.25, 0.3) is 0 Å². The maximum Gasteiger partial charge on any atom is 0.0369 e. The highest BCUT2D eigenvalue weighted by atomic mass is 15.2. The molecule has 98 valence electrons. The fraction of sp³-hybridized carbons (Fsp3) is 0.625. The number of hydrogen-bond acceptors (Lipinski definition) is 2. The lowest BCUT2D eigenvalue weighted by Crippen LogP contribution is -2.40. The summed E-state index contributed by atoms with van der Waals surface area (Å²) in [5.74, 6) is 1.68. The van der Waals surface area contributed by atoms with Crippen LogP contribution in [-0.4, -0.2) is 18.0 Å². The third-order valence-corrected chi connectivity index (χ3v) is 5.04. The van der Waals surface area contributed by atoms with Gasteiger partial charge in [-0.3, -0.25) is 4.90 Å². The Hall–Kier alpha value is -0.860. The second-order valence-electron chi connectivity index (χ2n) is 6.23. The van der Waals surface area contributed by atoms with E-state index in [4.69, 9.17) is 5.73 Å². The van der Waals surface area contributed by atoms with Crippen molar-refractivity contribution in [2.24, 2.45) is 17.6 Å². The highest BCUT2D eigenvalue weighted by Gasteiger charge is 2.35. The molecule has 2 aliphatic rings. The van der Waals surface area contributed by atoms with E-state index in [-0.39, 0.29) is 6.04 Å². The number of hydrogen-bond donors (Lipinski definition) is 1. The summed E-state index contributed by atoms with van der Waals surface area (Å²) in [4.78, 5) is 2.66. The number of benzene rings is 1. The molecule has 1 aliphatic carbocycles. The fourth-order valence-corrected chi connectivity index (χ4v) is 3.57. The molecule has 4 atom stereocenters. The van der Waals surface area contributed by atoms with Crippen LogP contribution in [0.5, 0.6) is 0 Å². The Morgan fingerprint density at radius 1 is 1.11 bits per heavy atom. The second kappa shape index (κ2) is 4.67. The second-order valence-corrected chi connectivity index (χ2v) is 6.23. The molecule has 2 N–H and O–H groups in total. The van der Waals surface area contributed by atoms with Gasteiger partial charge in [-0.2, -0.15) is 0 Å². The van der Waals surface area contributed by atoms with Crippen LogP contribution in [0.3, 0.4) is 0 Å². The van der Waals surface area contributed by atoms with Crippen molar-refractivity contribution in [3.8, 4) is 0 Å². The zero-order valence-electron chi connectivity index (χ0n) is 11.5. The number of nitrogens with zero attached hydrogens (tertiary/aromatic N) is 1. The predicted octanol–water partition coefficient (Wildman–Crippen LogP) is 3.11. The molecule has 1 heterocycles. The van der Waals surface area contributed by atoms with Gasteiger partial charge in [0.1, 0.15) is 0 Å². The van der Waals surface area contributed by atoms with Crippen molar-refractivity contribution in [1.82, 2.24) is 4.90 Å². The monoisotopic (exact) mass is 244 g/mol. The van der Waals surface area contributed by atoms with Crippen molar-refractivity contribution >= 4 is 0 Å². The van der Waals surface area contributed by atoms with Gasteiger partial charge >= 0.3 is 0 Å². The first-order valence-corrected chi connectivity index (χ1v) is 7.25. The predicted molar refractivity (Wildman–Crippen MR) is 75.2 cm³/mol. The molecule has 18 heavy (non-hydrogen) atoms. The number of likely N-dealkylation sites (tertiary alicyclic amines) is 1. The van der Waals surface area contributed by atoms with Crippen LogP contribution in [0.25, 0.3) is 0 Å². The van der Waals surface area contributed by atoms with Crippen LogP contribution in [0.15, 0.2) is 24.3 Å². The molecule has 0 amide bonds. The molecule has 1 aromatic carbocycles. The summed E-state index contributed by atoms with van der Waals surface area (Å²) < 4.78 is 0. The minimum absolute atomic E-state index is 0.237. The summed E-state index contributed by atoms with van der Waals surface area (Å²) >= 11 is 0. The zero-order valence-corrected chi connectivity index (χ0v) is 11.5. The van der Waals surface area contributed by atoms with E-state index in [1.807, 2.05) is 0 Å². The Morgan fingerprint density at radius 2 is 1.83 bits per heavy atom. The van der Waals surface area contributed by atoms with Crippen molar-refractivity contribution in [3.05, 3.63) is 35.4 Å². The summed E-state index contributed by atoms with van der Waals surface area (Å²) in [6.45, 7) is 7.23. The summed E-state index contributed by atoms with van der Waals surface area (Å²) in [5.41, 5.74) is 9.13. The summed E-state index contributed by atoms with van der Waals surface area (Å²) in [6.07, 6.45) is 2.43. The molecule has 1 saturated heterocycles. The molecule has 0 saturated carbocycles. The Bertz CT molecular complexity index is 429. The van der Waals surface area contributed by atoms with Crippen molar-refractivity contribution in [2.45, 2.75) is 38.8 Å². The zero-order chi connectivity index (χ0) is 12.7. The molecule has 1 fully saturated rings. The van der Waals surface area contributed by atoms with E-state index in [9.17, 15) is 0 Å². The lowest BCUT2D eigenvalue weighted by Gasteiger charge is -2.39. The van der Waals surface area contributed by atoms with Crippen molar-refractivity contribution in [2.75, 3.05) is 13.1 Å². The normalized spacial score (nSPS) is 36.6. The first kappa shape index (κ1) is 12.2. The molecular formula is C16H24N2. The number of piperidine rings is 1. The molecule has 4 unspecified atom stereocenters. The van der Waals surface area contributed by atoms with Gasteiger partial charge in [-0.25, -0.2) is 0 Å². The van der Waals surface area contributed by atoms with Crippen LogP contribution < -0.4 is 5.73 Å². The Balaban J connectivity index is 1.82. The van der Waals surface area contributed by atoms with Crippen LogP contribution >= 0.6 is 0 Å². The maximum atomic E-state index is 6.28. The molecular weight excluding hydrogens is 220 g/mol. The standard InChI is InChI=1S/C16H24N2/c1-11-7-8-18(10-12(11)2)16-9-15(17)13-5-3-4-6-14(13)16/h3-6,11-12,15-16H,7-10,17H2,1-2H3. The topological polar surface area (TPSA) is 29.3 Å². The van der Waals surface area contributed by atoms with Gasteiger partial charge in [0.2, 0.25) is 0 Å². The van der Waals surface area contributed by atoms with Crippen molar-refractivity contribution in [1.29, 1.82) is 0 Å². The minimum atomic E-state index is 0.237. The van der Waals surface area contributed by atoms with E-state index in [0.29, 0.717) is 6.04 Å². The number of fused-ring (bicyclic) bond motifs is 1. The molecule has 0 radical (unpaired) electrons. The molecule has 2 heteroatoms. The lowest BCUT2D eigenvalue weighted by atomic mass is 9.87. The number of nitrogens with two attached hydrogens (primary N) is 1. The molecule has 1 aromatic rings. The SMILES string of the molecule is CC1CCN(C2CC(N)c3ccccc32)CC1C. The van der Waals surface area contributed by atoms with Gasteiger partial charge in [-0.05, 0) is 42.3 Å². The molecule has 2 nitrogen and oxygen atoms in total. The average Bonchev–Trinajstić information content (AvgIpc) is 2.71. The van der Waals surface area contributed by atoms with Crippen LogP contribution in [-0.2, 0) is 0 Å². The maximum absolute atomic E-state index is 6.28.